The van der Waals surface area contributed by atoms with Crippen LogP contribution in [-0.4, -0.2) is 141 Å². The maximum Gasteiger partial charge on any atom is 0.259 e. The van der Waals surface area contributed by atoms with Crippen molar-refractivity contribution in [3.8, 4) is 44.5 Å². The molecule has 29 heteroatoms. The van der Waals surface area contributed by atoms with Gasteiger partial charge in [-0.3, -0.25) is 37.4 Å². The third kappa shape index (κ3) is 17.1. The van der Waals surface area contributed by atoms with Crippen LogP contribution < -0.4 is 37.4 Å². The van der Waals surface area contributed by atoms with Crippen molar-refractivity contribution in [3.05, 3.63) is 208 Å². The van der Waals surface area contributed by atoms with Crippen molar-refractivity contribution in [2.45, 2.75) is 119 Å². The van der Waals surface area contributed by atoms with Gasteiger partial charge in [-0.1, -0.05) is 119 Å². The summed E-state index contributed by atoms with van der Waals surface area (Å²) in [6, 6.07) is 36.9. The van der Waals surface area contributed by atoms with E-state index in [1.165, 1.54) is 22.4 Å². The number of aliphatic hydroxyl groups is 2. The van der Waals surface area contributed by atoms with Crippen molar-refractivity contribution in [2.24, 2.45) is 28.2 Å². The van der Waals surface area contributed by atoms with E-state index >= 15 is 0 Å². The van der Waals surface area contributed by atoms with Gasteiger partial charge in [-0.15, -0.1) is 0 Å². The number of benzene rings is 4. The van der Waals surface area contributed by atoms with Gasteiger partial charge in [-0.05, 0) is 126 Å². The second-order valence-corrected chi connectivity index (χ2v) is 30.7. The number of hydrogen-bond acceptors (Lipinski definition) is 20. The smallest absolute Gasteiger partial charge is 0.259 e. The molecule has 0 atom stereocenters. The second-order valence-electron chi connectivity index (χ2n) is 27.2. The molecule has 0 amide bonds. The van der Waals surface area contributed by atoms with E-state index in [0.717, 1.165) is 99.5 Å². The molecule has 3 saturated carbocycles. The lowest BCUT2D eigenvalue weighted by Gasteiger charge is -2.34. The first-order chi connectivity index (χ1) is 51.3. The number of nitrogens with one attached hydrogen (secondary N) is 1. The van der Waals surface area contributed by atoms with Crippen LogP contribution in [0.3, 0.4) is 0 Å². The van der Waals surface area contributed by atoms with Crippen LogP contribution in [0.2, 0.25) is 20.1 Å². The molecule has 0 saturated heterocycles. The van der Waals surface area contributed by atoms with Gasteiger partial charge in [0.15, 0.2) is 0 Å². The lowest BCUT2D eigenvalue weighted by atomic mass is 9.92. The Balaban J connectivity index is 0.000000134. The first-order valence-corrected chi connectivity index (χ1v) is 38.4. The molecule has 8 aromatic heterocycles. The van der Waals surface area contributed by atoms with Crippen molar-refractivity contribution in [1.82, 2.24) is 58.1 Å². The summed E-state index contributed by atoms with van der Waals surface area (Å²) in [4.78, 5) is 90.9. The van der Waals surface area contributed by atoms with Crippen molar-refractivity contribution in [1.29, 1.82) is 0 Å². The van der Waals surface area contributed by atoms with Crippen molar-refractivity contribution >= 4 is 118 Å². The Morgan fingerprint density at radius 1 is 0.430 bits per heavy atom. The zero-order valence-corrected chi connectivity index (χ0v) is 64.1. The fourth-order valence-electron chi connectivity index (χ4n) is 13.9. The van der Waals surface area contributed by atoms with E-state index in [1.807, 2.05) is 74.8 Å². The lowest BCUT2D eigenvalue weighted by molar-refractivity contribution is 0.0659. The highest BCUT2D eigenvalue weighted by atomic mass is 35.5. The van der Waals surface area contributed by atoms with E-state index < -0.39 is 9.84 Å². The number of aliphatic hydroxyl groups excluding tert-OH is 2. The number of methoxy groups -OCH3 is 1. The number of aromatic nitrogens is 12. The minimum absolute atomic E-state index is 0.126. The molecular formula is C78H81Cl4N15O9S. The van der Waals surface area contributed by atoms with Crippen LogP contribution in [-0.2, 0) is 42.8 Å². The number of ether oxygens (including phenoxy) is 1. The van der Waals surface area contributed by atoms with Gasteiger partial charge >= 0.3 is 0 Å². The molecule has 3 N–H and O–H groups in total. The van der Waals surface area contributed by atoms with E-state index in [-0.39, 0.29) is 51.3 Å². The highest BCUT2D eigenvalue weighted by Crippen LogP contribution is 2.34. The monoisotopic (exact) mass is 1540 g/mol. The number of pyridine rings is 4. The van der Waals surface area contributed by atoms with Crippen molar-refractivity contribution in [3.63, 3.8) is 0 Å². The first-order valence-electron chi connectivity index (χ1n) is 35.0. The topological polar surface area (TPSA) is 293 Å². The number of hydrogen-bond donors (Lipinski definition) is 3. The summed E-state index contributed by atoms with van der Waals surface area (Å²) < 4.78 is 34.6. The van der Waals surface area contributed by atoms with E-state index in [2.05, 4.69) is 50.0 Å². The molecule has 15 rings (SSSR count). The second kappa shape index (κ2) is 33.3. The third-order valence-corrected chi connectivity index (χ3v) is 22.3. The summed E-state index contributed by atoms with van der Waals surface area (Å²) in [7, 11) is 8.92. The SMILES string of the molecule is CN(c1ncc2cc(-c3ccccc3Cl)c(=O)n(C)c2n1)C1CCC(O)CC1.COC1CCC(N(C)c2ncc3cc(-c4ccccc4Cl)c(=O)n(C)c3n2)CC1.Cn1c(=O)c(-c2ccccc2Cl)cc2cnc(NC3CCC(O)CC3)nc21.Cn1c(=O)c(-c2ccccc2Cl)cc2cnc(S(C)(=O)=O)nc21. The third-order valence-electron chi connectivity index (χ3n) is 20.1. The normalized spacial score (nSPS) is 18.0. The maximum atomic E-state index is 13.0. The quantitative estimate of drug-likeness (QED) is 0.0958. The molecule has 3 aliphatic rings. The highest BCUT2D eigenvalue weighted by molar-refractivity contribution is 7.90. The standard InChI is InChI=1S/C22H25ClN4O2.C21H23ClN4O2.C20H21ClN4O2.C15H12ClN3O3S/c1-26(15-8-10-16(29-3)11-9-15)22-24-13-14-12-18(17-6-4-5-7-19(17)23)21(28)27(2)20(14)25-22;1-25(14-7-9-15(27)10-8-14)21-23-12-13-11-17(16-5-3-4-6-18(16)22)20(28)26(2)19(13)24-21;1-25-18-12(10-16(19(25)27)15-4-2-3-5-17(15)21)11-22-20(24-18)23-13-6-8-14(26)9-7-13;1-19-13-9(8-17-15(18-13)23(2,21)22)7-11(14(19)20)10-5-3-4-6-12(10)16/h4-7,12-13,15-16H,8-11H2,1-3H3;3-6,11-12,14-15,27H,7-10H2,1-2H3;2-5,10-11,13-14,26H,6-9H2,1H3,(H,22,23,24);3-8H,1-2H3. The summed E-state index contributed by atoms with van der Waals surface area (Å²) in [5, 5.41) is 27.4. The summed E-state index contributed by atoms with van der Waals surface area (Å²) >= 11 is 25.0. The van der Waals surface area contributed by atoms with Gasteiger partial charge in [0.2, 0.25) is 32.8 Å². The van der Waals surface area contributed by atoms with Crippen LogP contribution in [0.15, 0.2) is 170 Å². The van der Waals surface area contributed by atoms with Crippen LogP contribution in [0.1, 0.15) is 77.0 Å². The molecule has 556 valence electrons. The van der Waals surface area contributed by atoms with Crippen LogP contribution in [0.5, 0.6) is 0 Å². The van der Waals surface area contributed by atoms with Gasteiger partial charge in [0.25, 0.3) is 22.2 Å². The van der Waals surface area contributed by atoms with E-state index in [0.29, 0.717) is 123 Å². The van der Waals surface area contributed by atoms with Crippen molar-refractivity contribution < 1.29 is 23.4 Å². The molecule has 24 nitrogen and oxygen atoms in total. The summed E-state index contributed by atoms with van der Waals surface area (Å²) in [6.07, 6.45) is 18.5. The van der Waals surface area contributed by atoms with E-state index in [4.69, 9.17) is 56.1 Å². The molecule has 4 aromatic carbocycles. The zero-order chi connectivity index (χ0) is 76.1. The molecule has 0 spiro atoms. The summed E-state index contributed by atoms with van der Waals surface area (Å²) in [6.45, 7) is 0. The molecule has 0 aliphatic heterocycles. The molecule has 12 aromatic rings. The van der Waals surface area contributed by atoms with Crippen LogP contribution >= 0.6 is 46.4 Å². The average molecular weight is 1550 g/mol. The Morgan fingerprint density at radius 2 is 0.738 bits per heavy atom. The number of rotatable bonds is 12. The predicted octanol–water partition coefficient (Wildman–Crippen LogP) is 12.8. The summed E-state index contributed by atoms with van der Waals surface area (Å²) in [5.74, 6) is 1.73. The van der Waals surface area contributed by atoms with E-state index in [1.54, 1.807) is 117 Å². The van der Waals surface area contributed by atoms with Gasteiger partial charge < -0.3 is 30.1 Å². The van der Waals surface area contributed by atoms with Gasteiger partial charge in [0, 0.05) is 185 Å². The maximum absolute atomic E-state index is 13.0. The fraction of sp³-hybridized carbons (Fsp3) is 0.333. The number of nitrogens with zero attached hydrogens (tertiary/aromatic N) is 14. The van der Waals surface area contributed by atoms with Gasteiger partial charge in [0.1, 0.15) is 22.6 Å². The Morgan fingerprint density at radius 3 is 1.08 bits per heavy atom. The molecule has 0 radical (unpaired) electrons. The number of anilines is 3. The van der Waals surface area contributed by atoms with Crippen LogP contribution in [0.25, 0.3) is 88.6 Å². The van der Waals surface area contributed by atoms with E-state index in [9.17, 15) is 37.8 Å². The molecule has 8 heterocycles. The molecule has 3 aliphatic carbocycles. The van der Waals surface area contributed by atoms with Crippen molar-refractivity contribution in [2.75, 3.05) is 42.6 Å². The average Bonchev–Trinajstić information content (AvgIpc) is 0.784. The minimum Gasteiger partial charge on any atom is -0.393 e. The fourth-order valence-corrected chi connectivity index (χ4v) is 15.3. The lowest BCUT2D eigenvalue weighted by Crippen LogP contribution is -2.37. The zero-order valence-electron chi connectivity index (χ0n) is 60.2. The number of aryl methyl sites for hydroxylation is 4. The van der Waals surface area contributed by atoms with Crippen LogP contribution in [0.4, 0.5) is 17.8 Å². The molecule has 0 unspecified atom stereocenters. The number of halogens is 4. The molecule has 0 bridgehead atoms. The first kappa shape index (κ1) is 77.1. The Kier molecular flexibility index (Phi) is 24.0. The Labute approximate surface area is 637 Å². The Bertz CT molecular complexity index is 5680. The van der Waals surface area contributed by atoms with Crippen LogP contribution in [0, 0.1) is 0 Å². The van der Waals surface area contributed by atoms with Gasteiger partial charge in [0.05, 0.1) is 18.3 Å². The highest BCUT2D eigenvalue weighted by Gasteiger charge is 2.29. The number of fused-ring (bicyclic) bond motifs is 4. The summed E-state index contributed by atoms with van der Waals surface area (Å²) in [5.41, 5.74) is 6.03. The molecule has 107 heavy (non-hydrogen) atoms. The number of sulfone groups is 1. The molecular weight excluding hydrogens is 1460 g/mol. The van der Waals surface area contributed by atoms with Gasteiger partial charge in [-0.2, -0.15) is 19.9 Å². The predicted molar refractivity (Wildman–Crippen MR) is 424 cm³/mol. The molecule has 3 fully saturated rings. The largest absolute Gasteiger partial charge is 0.393 e. The van der Waals surface area contributed by atoms with Gasteiger partial charge in [-0.25, -0.2) is 28.4 Å². The Hall–Kier alpha value is -9.57. The minimum atomic E-state index is -3.55.